The zero-order valence-corrected chi connectivity index (χ0v) is 16.0. The molecule has 1 amide bonds. The molecule has 0 saturated carbocycles. The van der Waals surface area contributed by atoms with Gasteiger partial charge in [0, 0.05) is 5.56 Å². The first-order chi connectivity index (χ1) is 12.4. The van der Waals surface area contributed by atoms with Crippen molar-refractivity contribution in [2.45, 2.75) is 26.7 Å². The van der Waals surface area contributed by atoms with Crippen LogP contribution in [0.3, 0.4) is 0 Å². The fourth-order valence-electron chi connectivity index (χ4n) is 2.82. The predicted octanol–water partition coefficient (Wildman–Crippen LogP) is 3.73. The summed E-state index contributed by atoms with van der Waals surface area (Å²) < 4.78 is 15.8. The quantitative estimate of drug-likeness (QED) is 0.621. The zero-order valence-electron chi connectivity index (χ0n) is 16.0. The van der Waals surface area contributed by atoms with Crippen molar-refractivity contribution in [2.75, 3.05) is 21.3 Å². The number of amides is 1. The van der Waals surface area contributed by atoms with Crippen molar-refractivity contribution in [2.24, 2.45) is 11.0 Å². The molecule has 1 aliphatic rings. The molecule has 0 saturated heterocycles. The minimum Gasteiger partial charge on any atom is -0.493 e. The Morgan fingerprint density at radius 3 is 2.31 bits per heavy atom. The van der Waals surface area contributed by atoms with Crippen LogP contribution in [0.4, 0.5) is 0 Å². The van der Waals surface area contributed by atoms with Gasteiger partial charge in [0.25, 0.3) is 5.91 Å². The molecule has 1 atom stereocenters. The molecule has 1 aromatic carbocycles. The van der Waals surface area contributed by atoms with Gasteiger partial charge in [-0.15, -0.1) is 0 Å². The molecule has 1 aromatic rings. The number of nitrogens with one attached hydrogen (secondary N) is 1. The van der Waals surface area contributed by atoms with Crippen LogP contribution in [0.5, 0.6) is 17.2 Å². The van der Waals surface area contributed by atoms with Crippen LogP contribution in [0.25, 0.3) is 0 Å². The summed E-state index contributed by atoms with van der Waals surface area (Å²) in [5.74, 6) is 1.28. The summed E-state index contributed by atoms with van der Waals surface area (Å²) in [4.78, 5) is 12.5. The number of hydrogen-bond acceptors (Lipinski definition) is 5. The normalized spacial score (nSPS) is 18.1. The van der Waals surface area contributed by atoms with Crippen LogP contribution >= 0.6 is 0 Å². The van der Waals surface area contributed by atoms with Crippen LogP contribution in [-0.2, 0) is 0 Å². The van der Waals surface area contributed by atoms with E-state index in [2.05, 4.69) is 23.2 Å². The Morgan fingerprint density at radius 1 is 1.19 bits per heavy atom. The highest BCUT2D eigenvalue weighted by Crippen LogP contribution is 2.38. The summed E-state index contributed by atoms with van der Waals surface area (Å²) >= 11 is 0. The number of allylic oxidation sites excluding steroid dienone is 3. The standard InChI is InChI=1S/C20H26N2O4/c1-12(2)14-8-7-13(3)16(9-14)21-22-20(23)15-10-17(24-4)19(26-6)18(11-15)25-5/h7,10-11,14H,1,8-9H2,2-6H3,(H,22,23)/b21-16+/t14-/m0/s1. The number of carbonyl (C=O) groups is 1. The number of carbonyl (C=O) groups excluding carboxylic acids is 1. The van der Waals surface area contributed by atoms with E-state index in [0.29, 0.717) is 28.7 Å². The molecule has 0 aromatic heterocycles. The van der Waals surface area contributed by atoms with Crippen LogP contribution in [0, 0.1) is 5.92 Å². The van der Waals surface area contributed by atoms with E-state index in [4.69, 9.17) is 14.2 Å². The Balaban J connectivity index is 2.23. The van der Waals surface area contributed by atoms with Gasteiger partial charge in [-0.05, 0) is 50.3 Å². The molecule has 6 heteroatoms. The lowest BCUT2D eigenvalue weighted by molar-refractivity contribution is 0.0954. The number of nitrogens with zero attached hydrogens (tertiary/aromatic N) is 1. The van der Waals surface area contributed by atoms with E-state index in [1.54, 1.807) is 12.1 Å². The van der Waals surface area contributed by atoms with Crippen molar-refractivity contribution in [3.8, 4) is 17.2 Å². The van der Waals surface area contributed by atoms with Crippen LogP contribution in [0.1, 0.15) is 37.0 Å². The average molecular weight is 358 g/mol. The van der Waals surface area contributed by atoms with Crippen molar-refractivity contribution in [3.63, 3.8) is 0 Å². The molecule has 0 spiro atoms. The van der Waals surface area contributed by atoms with Gasteiger partial charge in [0.05, 0.1) is 27.0 Å². The molecular formula is C20H26N2O4. The first kappa shape index (κ1) is 19.6. The summed E-state index contributed by atoms with van der Waals surface area (Å²) in [5.41, 5.74) is 6.06. The molecule has 26 heavy (non-hydrogen) atoms. The lowest BCUT2D eigenvalue weighted by atomic mass is 9.85. The lowest BCUT2D eigenvalue weighted by Crippen LogP contribution is -2.23. The maximum atomic E-state index is 12.5. The molecule has 0 unspecified atom stereocenters. The number of benzene rings is 1. The van der Waals surface area contributed by atoms with Gasteiger partial charge in [0.2, 0.25) is 5.75 Å². The van der Waals surface area contributed by atoms with Crippen molar-refractivity contribution < 1.29 is 19.0 Å². The maximum absolute atomic E-state index is 12.5. The fraction of sp³-hybridized carbons (Fsp3) is 0.400. The second kappa shape index (κ2) is 8.56. The van der Waals surface area contributed by atoms with E-state index < -0.39 is 0 Å². The van der Waals surface area contributed by atoms with E-state index >= 15 is 0 Å². The van der Waals surface area contributed by atoms with E-state index in [0.717, 1.165) is 29.7 Å². The third kappa shape index (κ3) is 4.25. The highest BCUT2D eigenvalue weighted by molar-refractivity contribution is 6.02. The summed E-state index contributed by atoms with van der Waals surface area (Å²) in [6.07, 6.45) is 3.86. The van der Waals surface area contributed by atoms with Crippen LogP contribution in [-0.4, -0.2) is 32.9 Å². The van der Waals surface area contributed by atoms with Crippen LogP contribution in [0.2, 0.25) is 0 Å². The Hall–Kier alpha value is -2.76. The molecule has 0 bridgehead atoms. The third-order valence-electron chi connectivity index (χ3n) is 4.52. The zero-order chi connectivity index (χ0) is 19.3. The van der Waals surface area contributed by atoms with Gasteiger partial charge in [-0.3, -0.25) is 4.79 Å². The average Bonchev–Trinajstić information content (AvgIpc) is 2.65. The van der Waals surface area contributed by atoms with Crippen LogP contribution in [0.15, 0.2) is 41.0 Å². The summed E-state index contributed by atoms with van der Waals surface area (Å²) in [7, 11) is 4.53. The van der Waals surface area contributed by atoms with Gasteiger partial charge in [0.15, 0.2) is 11.5 Å². The number of hydrogen-bond donors (Lipinski definition) is 1. The van der Waals surface area contributed by atoms with Crippen molar-refractivity contribution in [1.82, 2.24) is 5.43 Å². The Morgan fingerprint density at radius 2 is 1.81 bits per heavy atom. The van der Waals surface area contributed by atoms with Gasteiger partial charge in [0.1, 0.15) is 0 Å². The monoisotopic (exact) mass is 358 g/mol. The second-order valence-corrected chi connectivity index (χ2v) is 6.28. The summed E-state index contributed by atoms with van der Waals surface area (Å²) in [5, 5.41) is 4.32. The number of ether oxygens (including phenoxy) is 3. The molecule has 0 fully saturated rings. The molecule has 140 valence electrons. The predicted molar refractivity (Wildman–Crippen MR) is 102 cm³/mol. The van der Waals surface area contributed by atoms with E-state index in [-0.39, 0.29) is 5.91 Å². The Labute approximate surface area is 154 Å². The SMILES string of the molecule is C=C(C)[C@H]1CC=C(C)/C(=N/NC(=O)c2cc(OC)c(OC)c(OC)c2)C1. The van der Waals surface area contributed by atoms with Crippen molar-refractivity contribution >= 4 is 11.6 Å². The first-order valence-electron chi connectivity index (χ1n) is 8.40. The molecule has 2 rings (SSSR count). The van der Waals surface area contributed by atoms with Crippen molar-refractivity contribution in [3.05, 3.63) is 41.5 Å². The van der Waals surface area contributed by atoms with Gasteiger partial charge >= 0.3 is 0 Å². The second-order valence-electron chi connectivity index (χ2n) is 6.28. The minimum atomic E-state index is -0.345. The van der Waals surface area contributed by atoms with E-state index in [1.807, 2.05) is 13.8 Å². The molecule has 6 nitrogen and oxygen atoms in total. The maximum Gasteiger partial charge on any atom is 0.271 e. The first-order valence-corrected chi connectivity index (χ1v) is 8.40. The highest BCUT2D eigenvalue weighted by Gasteiger charge is 2.20. The Bertz CT molecular complexity index is 740. The Kier molecular flexibility index (Phi) is 6.44. The summed E-state index contributed by atoms with van der Waals surface area (Å²) in [6, 6.07) is 3.19. The van der Waals surface area contributed by atoms with Gasteiger partial charge in [-0.1, -0.05) is 18.2 Å². The molecule has 1 N–H and O–H groups in total. The van der Waals surface area contributed by atoms with Gasteiger partial charge < -0.3 is 14.2 Å². The van der Waals surface area contributed by atoms with E-state index in [9.17, 15) is 4.79 Å². The highest BCUT2D eigenvalue weighted by atomic mass is 16.5. The topological polar surface area (TPSA) is 69.2 Å². The number of rotatable bonds is 6. The minimum absolute atomic E-state index is 0.345. The molecule has 1 aliphatic carbocycles. The van der Waals surface area contributed by atoms with E-state index in [1.165, 1.54) is 21.3 Å². The fourth-order valence-corrected chi connectivity index (χ4v) is 2.82. The lowest BCUT2D eigenvalue weighted by Gasteiger charge is -2.22. The number of hydrazone groups is 1. The summed E-state index contributed by atoms with van der Waals surface area (Å²) in [6.45, 7) is 8.04. The molecule has 0 heterocycles. The van der Waals surface area contributed by atoms with Gasteiger partial charge in [-0.2, -0.15) is 5.10 Å². The molecule has 0 radical (unpaired) electrons. The smallest absolute Gasteiger partial charge is 0.271 e. The largest absolute Gasteiger partial charge is 0.493 e. The third-order valence-corrected chi connectivity index (χ3v) is 4.52. The van der Waals surface area contributed by atoms with Gasteiger partial charge in [-0.25, -0.2) is 5.43 Å². The molecular weight excluding hydrogens is 332 g/mol. The van der Waals surface area contributed by atoms with Crippen LogP contribution < -0.4 is 19.6 Å². The van der Waals surface area contributed by atoms with Crippen molar-refractivity contribution in [1.29, 1.82) is 0 Å². The number of methoxy groups -OCH3 is 3. The molecule has 0 aliphatic heterocycles.